The lowest BCUT2D eigenvalue weighted by molar-refractivity contribution is -0.281. The van der Waals surface area contributed by atoms with E-state index in [0.29, 0.717) is 44.7 Å². The van der Waals surface area contributed by atoms with Crippen LogP contribution in [-0.4, -0.2) is 78.4 Å². The number of amides is 2. The van der Waals surface area contributed by atoms with Gasteiger partial charge in [-0.2, -0.15) is 0 Å². The number of piperidine rings is 2. The highest BCUT2D eigenvalue weighted by Gasteiger charge is 2.40. The predicted molar refractivity (Wildman–Crippen MR) is 136 cm³/mol. The number of thiazole rings is 1. The van der Waals surface area contributed by atoms with Gasteiger partial charge < -0.3 is 24.0 Å². The third-order valence-corrected chi connectivity index (χ3v) is 8.62. The van der Waals surface area contributed by atoms with E-state index in [9.17, 15) is 9.59 Å². The molecule has 3 saturated heterocycles. The highest BCUT2D eigenvalue weighted by Crippen LogP contribution is 2.33. The molecule has 5 rings (SSSR count). The largest absolute Gasteiger partial charge is 0.484 e. The van der Waals surface area contributed by atoms with Crippen molar-refractivity contribution in [1.29, 1.82) is 0 Å². The number of hydrogen-bond donors (Lipinski definition) is 0. The van der Waals surface area contributed by atoms with Gasteiger partial charge in [0.05, 0.1) is 18.2 Å². The summed E-state index contributed by atoms with van der Waals surface area (Å²) in [6, 6.07) is 5.88. The molecule has 0 radical (unpaired) electrons. The van der Waals surface area contributed by atoms with Gasteiger partial charge in [-0.25, -0.2) is 4.98 Å². The summed E-state index contributed by atoms with van der Waals surface area (Å²) in [5, 5.41) is 2.87. The van der Waals surface area contributed by atoms with Gasteiger partial charge in [0.2, 0.25) is 0 Å². The lowest BCUT2D eigenvalue weighted by Gasteiger charge is -2.43. The third kappa shape index (κ3) is 5.58. The first-order valence-electron chi connectivity index (χ1n) is 12.9. The molecule has 2 amide bonds. The molecule has 194 valence electrons. The predicted octanol–water partition coefficient (Wildman–Crippen LogP) is 3.91. The topological polar surface area (TPSA) is 81.2 Å². The Morgan fingerprint density at radius 3 is 2.47 bits per heavy atom. The summed E-state index contributed by atoms with van der Waals surface area (Å²) in [4.78, 5) is 34.2. The van der Waals surface area contributed by atoms with Crippen molar-refractivity contribution in [3.8, 4) is 5.75 Å². The first kappa shape index (κ1) is 25.2. The number of carbonyl (C=O) groups is 2. The first-order chi connectivity index (χ1) is 17.4. The van der Waals surface area contributed by atoms with Crippen LogP contribution >= 0.6 is 11.3 Å². The monoisotopic (exact) mass is 513 g/mol. The number of aryl methyl sites for hydroxylation is 2. The van der Waals surface area contributed by atoms with Crippen LogP contribution in [0.1, 0.15) is 64.6 Å². The third-order valence-electron chi connectivity index (χ3n) is 7.61. The van der Waals surface area contributed by atoms with E-state index in [2.05, 4.69) is 6.92 Å². The van der Waals surface area contributed by atoms with E-state index in [1.54, 1.807) is 11.3 Å². The number of aromatic nitrogens is 1. The Morgan fingerprint density at radius 2 is 1.78 bits per heavy atom. The molecule has 0 saturated carbocycles. The maximum atomic E-state index is 13.1. The molecule has 2 aromatic rings. The fraction of sp³-hybridized carbons (Fsp3) is 0.593. The first-order valence-corrected chi connectivity index (χ1v) is 13.8. The second-order valence-electron chi connectivity index (χ2n) is 10.0. The number of hydrogen-bond acceptors (Lipinski definition) is 7. The molecule has 0 aliphatic carbocycles. The Labute approximate surface area is 216 Å². The minimum Gasteiger partial charge on any atom is -0.484 e. The molecule has 0 N–H and O–H groups in total. The standard InChI is InChI=1S/C27H35N3O5S/c1-19-4-5-22(16-20(19)2)33-17-24(31)29-10-6-21(7-11-29)25-28-23(18-36-25)26(32)30-12-8-27(9-13-30)34-14-3-15-35-27/h4-5,16,18,21H,3,6-15,17H2,1-2H3. The second-order valence-corrected chi connectivity index (χ2v) is 10.9. The zero-order chi connectivity index (χ0) is 25.1. The number of likely N-dealkylation sites (tertiary alicyclic amines) is 2. The van der Waals surface area contributed by atoms with Gasteiger partial charge in [0.25, 0.3) is 11.8 Å². The van der Waals surface area contributed by atoms with Crippen molar-refractivity contribution >= 4 is 23.2 Å². The van der Waals surface area contributed by atoms with Gasteiger partial charge in [0.15, 0.2) is 12.4 Å². The maximum absolute atomic E-state index is 13.1. The number of ether oxygens (including phenoxy) is 3. The van der Waals surface area contributed by atoms with E-state index in [-0.39, 0.29) is 24.3 Å². The molecule has 3 aliphatic rings. The van der Waals surface area contributed by atoms with Crippen LogP contribution in [0.2, 0.25) is 0 Å². The summed E-state index contributed by atoms with van der Waals surface area (Å²) in [5.74, 6) is 0.492. The summed E-state index contributed by atoms with van der Waals surface area (Å²) in [6.45, 7) is 8.20. The Kier molecular flexibility index (Phi) is 7.60. The SMILES string of the molecule is Cc1ccc(OCC(=O)N2CCC(c3nc(C(=O)N4CCC5(CC4)OCCCO5)cs3)CC2)cc1C. The molecule has 1 aromatic carbocycles. The number of carbonyl (C=O) groups excluding carboxylic acids is 2. The molecule has 3 aliphatic heterocycles. The molecule has 4 heterocycles. The molecule has 9 heteroatoms. The molecule has 1 spiro atoms. The van der Waals surface area contributed by atoms with E-state index < -0.39 is 5.79 Å². The van der Waals surface area contributed by atoms with Crippen molar-refractivity contribution in [2.75, 3.05) is 46.0 Å². The number of benzene rings is 1. The van der Waals surface area contributed by atoms with Crippen LogP contribution in [-0.2, 0) is 14.3 Å². The second kappa shape index (κ2) is 10.9. The minimum absolute atomic E-state index is 0.00970. The van der Waals surface area contributed by atoms with Gasteiger partial charge in [-0.3, -0.25) is 9.59 Å². The van der Waals surface area contributed by atoms with E-state index >= 15 is 0 Å². The summed E-state index contributed by atoms with van der Waals surface area (Å²) < 4.78 is 17.5. The van der Waals surface area contributed by atoms with Crippen molar-refractivity contribution in [2.45, 2.75) is 57.7 Å². The lowest BCUT2D eigenvalue weighted by Crippen LogP contribution is -2.51. The van der Waals surface area contributed by atoms with Crippen molar-refractivity contribution in [3.05, 3.63) is 45.4 Å². The van der Waals surface area contributed by atoms with Crippen LogP contribution in [0.5, 0.6) is 5.75 Å². The highest BCUT2D eigenvalue weighted by molar-refractivity contribution is 7.09. The van der Waals surface area contributed by atoms with Crippen molar-refractivity contribution in [2.24, 2.45) is 0 Å². The van der Waals surface area contributed by atoms with Gasteiger partial charge in [0.1, 0.15) is 11.4 Å². The van der Waals surface area contributed by atoms with Crippen LogP contribution in [0.4, 0.5) is 0 Å². The van der Waals surface area contributed by atoms with Gasteiger partial charge in [-0.05, 0) is 56.4 Å². The van der Waals surface area contributed by atoms with Crippen LogP contribution in [0.15, 0.2) is 23.6 Å². The Bertz CT molecular complexity index is 1080. The fourth-order valence-corrected chi connectivity index (χ4v) is 6.07. The minimum atomic E-state index is -0.502. The van der Waals surface area contributed by atoms with Gasteiger partial charge in [-0.1, -0.05) is 6.07 Å². The van der Waals surface area contributed by atoms with Crippen LogP contribution in [0, 0.1) is 13.8 Å². The van der Waals surface area contributed by atoms with Crippen LogP contribution < -0.4 is 4.74 Å². The number of rotatable bonds is 5. The number of nitrogens with zero attached hydrogens (tertiary/aromatic N) is 3. The molecular formula is C27H35N3O5S. The maximum Gasteiger partial charge on any atom is 0.273 e. The normalized spacial score (nSPS) is 20.5. The zero-order valence-corrected chi connectivity index (χ0v) is 22.0. The van der Waals surface area contributed by atoms with E-state index in [1.807, 2.05) is 40.3 Å². The Balaban J connectivity index is 1.09. The summed E-state index contributed by atoms with van der Waals surface area (Å²) in [7, 11) is 0. The van der Waals surface area contributed by atoms with Crippen LogP contribution in [0.3, 0.4) is 0 Å². The van der Waals surface area contributed by atoms with E-state index in [4.69, 9.17) is 19.2 Å². The molecule has 0 bridgehead atoms. The van der Waals surface area contributed by atoms with Gasteiger partial charge >= 0.3 is 0 Å². The highest BCUT2D eigenvalue weighted by atomic mass is 32.1. The molecular weight excluding hydrogens is 478 g/mol. The average Bonchev–Trinajstić information content (AvgIpc) is 3.40. The lowest BCUT2D eigenvalue weighted by atomic mass is 9.97. The van der Waals surface area contributed by atoms with E-state index in [1.165, 1.54) is 5.56 Å². The molecule has 0 atom stereocenters. The van der Waals surface area contributed by atoms with Crippen molar-refractivity contribution in [3.63, 3.8) is 0 Å². The molecule has 8 nitrogen and oxygen atoms in total. The van der Waals surface area contributed by atoms with Crippen molar-refractivity contribution in [1.82, 2.24) is 14.8 Å². The Hall–Kier alpha value is -2.49. The van der Waals surface area contributed by atoms with Crippen LogP contribution in [0.25, 0.3) is 0 Å². The van der Waals surface area contributed by atoms with Gasteiger partial charge in [0, 0.05) is 50.3 Å². The summed E-state index contributed by atoms with van der Waals surface area (Å²) in [5.41, 5.74) is 2.88. The Morgan fingerprint density at radius 1 is 1.06 bits per heavy atom. The van der Waals surface area contributed by atoms with E-state index in [0.717, 1.165) is 48.8 Å². The summed E-state index contributed by atoms with van der Waals surface area (Å²) in [6.07, 6.45) is 4.03. The fourth-order valence-electron chi connectivity index (χ4n) is 5.11. The summed E-state index contributed by atoms with van der Waals surface area (Å²) >= 11 is 1.55. The average molecular weight is 514 g/mol. The molecule has 3 fully saturated rings. The quantitative estimate of drug-likeness (QED) is 0.603. The zero-order valence-electron chi connectivity index (χ0n) is 21.2. The molecule has 1 aromatic heterocycles. The van der Waals surface area contributed by atoms with Gasteiger partial charge in [-0.15, -0.1) is 11.3 Å². The molecule has 0 unspecified atom stereocenters. The smallest absolute Gasteiger partial charge is 0.273 e. The molecule has 36 heavy (non-hydrogen) atoms. The van der Waals surface area contributed by atoms with Crippen molar-refractivity contribution < 1.29 is 23.8 Å².